The van der Waals surface area contributed by atoms with Gasteiger partial charge in [-0.05, 0) is 45.0 Å². The quantitative estimate of drug-likeness (QED) is 0.548. The number of halogens is 1. The molecule has 0 atom stereocenters. The molecular weight excluding hydrogens is 299 g/mol. The van der Waals surface area contributed by atoms with Gasteiger partial charge in [-0.2, -0.15) is 0 Å². The third-order valence-corrected chi connectivity index (χ3v) is 2.65. The predicted molar refractivity (Wildman–Crippen MR) is 89.0 cm³/mol. The van der Waals surface area contributed by atoms with Gasteiger partial charge < -0.3 is 21.5 Å². The van der Waals surface area contributed by atoms with Crippen LogP contribution in [0.15, 0.2) is 41.2 Å². The molecule has 1 rings (SSSR count). The predicted octanol–water partition coefficient (Wildman–Crippen LogP) is 1.72. The van der Waals surface area contributed by atoms with E-state index in [1.807, 2.05) is 20.8 Å². The van der Waals surface area contributed by atoms with Crippen LogP contribution in [0.5, 0.6) is 5.75 Å². The molecule has 0 radical (unpaired) electrons. The summed E-state index contributed by atoms with van der Waals surface area (Å²) in [4.78, 5) is 15.7. The monoisotopic (exact) mass is 322 g/mol. The number of carbonyl (C=O) groups is 1. The van der Waals surface area contributed by atoms with Crippen molar-refractivity contribution >= 4 is 11.9 Å². The molecule has 0 saturated heterocycles. The van der Waals surface area contributed by atoms with E-state index in [4.69, 9.17) is 16.2 Å². The van der Waals surface area contributed by atoms with Crippen molar-refractivity contribution in [2.45, 2.75) is 26.3 Å². The smallest absolute Gasteiger partial charge is 0.251 e. The van der Waals surface area contributed by atoms with E-state index in [0.717, 1.165) is 0 Å². The summed E-state index contributed by atoms with van der Waals surface area (Å²) in [6, 6.07) is 6.58. The van der Waals surface area contributed by atoms with Gasteiger partial charge in [-0.25, -0.2) is 9.38 Å². The fourth-order valence-corrected chi connectivity index (χ4v) is 1.60. The van der Waals surface area contributed by atoms with E-state index >= 15 is 0 Å². The zero-order chi connectivity index (χ0) is 17.5. The summed E-state index contributed by atoms with van der Waals surface area (Å²) in [5.41, 5.74) is 10.9. The molecule has 0 spiro atoms. The fourth-order valence-electron chi connectivity index (χ4n) is 1.60. The van der Waals surface area contributed by atoms with Gasteiger partial charge in [0.25, 0.3) is 5.91 Å². The van der Waals surface area contributed by atoms with Crippen molar-refractivity contribution in [2.75, 3.05) is 13.2 Å². The summed E-state index contributed by atoms with van der Waals surface area (Å²) >= 11 is 0. The Labute approximate surface area is 135 Å². The van der Waals surface area contributed by atoms with E-state index in [0.29, 0.717) is 23.2 Å². The Bertz CT molecular complexity index is 585. The summed E-state index contributed by atoms with van der Waals surface area (Å²) < 4.78 is 18.1. The largest absolute Gasteiger partial charge is 0.489 e. The van der Waals surface area contributed by atoms with E-state index in [1.54, 1.807) is 24.3 Å². The molecule has 6 nitrogen and oxygen atoms in total. The van der Waals surface area contributed by atoms with Crippen LogP contribution in [-0.4, -0.2) is 30.6 Å². The molecule has 0 aliphatic rings. The number of nitrogens with zero attached hydrogens (tertiary/aromatic N) is 1. The van der Waals surface area contributed by atoms with Crippen molar-refractivity contribution < 1.29 is 13.9 Å². The first kappa shape index (κ1) is 18.5. The minimum absolute atomic E-state index is 0.0147. The lowest BCUT2D eigenvalue weighted by atomic mass is 10.1. The number of nitrogens with one attached hydrogen (secondary N) is 1. The number of hydrogen-bond donors (Lipinski definition) is 3. The highest BCUT2D eigenvalue weighted by Crippen LogP contribution is 2.14. The maximum absolute atomic E-state index is 12.7. The highest BCUT2D eigenvalue weighted by Gasteiger charge is 2.15. The first-order valence-corrected chi connectivity index (χ1v) is 7.10. The second-order valence-corrected chi connectivity index (χ2v) is 6.03. The molecule has 1 aromatic rings. The van der Waals surface area contributed by atoms with E-state index in [9.17, 15) is 9.18 Å². The number of guanidine groups is 1. The Morgan fingerprint density at radius 1 is 1.30 bits per heavy atom. The van der Waals surface area contributed by atoms with E-state index in [1.165, 1.54) is 0 Å². The van der Waals surface area contributed by atoms with Crippen LogP contribution in [0.3, 0.4) is 0 Å². The Morgan fingerprint density at radius 2 is 1.91 bits per heavy atom. The number of amides is 1. The van der Waals surface area contributed by atoms with E-state index < -0.39 is 0 Å². The van der Waals surface area contributed by atoms with Crippen molar-refractivity contribution in [3.8, 4) is 5.75 Å². The molecule has 0 fully saturated rings. The summed E-state index contributed by atoms with van der Waals surface area (Å²) in [5.74, 6) is 0.237. The molecule has 0 aliphatic carbocycles. The molecule has 7 heteroatoms. The molecule has 1 aromatic carbocycles. The standard InChI is InChI=1S/C16H23FN4O2/c1-16(2,3)21-14(22)12-4-6-13(7-5-12)23-10-11(8-17)9-20-15(18)19/h4-8H,9-10H2,1-3H3,(H,21,22)(H4,18,19,20)/b11-8-. The number of nitrogens with two attached hydrogens (primary N) is 2. The van der Waals surface area contributed by atoms with Crippen LogP contribution in [0.25, 0.3) is 0 Å². The van der Waals surface area contributed by atoms with Gasteiger partial charge in [0.1, 0.15) is 12.4 Å². The van der Waals surface area contributed by atoms with Gasteiger partial charge in [0.15, 0.2) is 5.96 Å². The van der Waals surface area contributed by atoms with Gasteiger partial charge in [-0.1, -0.05) is 0 Å². The molecule has 0 unspecified atom stereocenters. The lowest BCUT2D eigenvalue weighted by Gasteiger charge is -2.20. The van der Waals surface area contributed by atoms with Crippen molar-refractivity contribution in [1.82, 2.24) is 5.32 Å². The van der Waals surface area contributed by atoms with Crippen LogP contribution in [0.2, 0.25) is 0 Å². The average Bonchev–Trinajstić information content (AvgIpc) is 2.46. The number of benzene rings is 1. The maximum atomic E-state index is 12.7. The molecule has 5 N–H and O–H groups in total. The first-order chi connectivity index (χ1) is 10.7. The number of hydrogen-bond acceptors (Lipinski definition) is 3. The minimum Gasteiger partial charge on any atom is -0.489 e. The summed E-state index contributed by atoms with van der Waals surface area (Å²) in [6.07, 6.45) is 0.414. The van der Waals surface area contributed by atoms with Gasteiger partial charge in [-0.15, -0.1) is 0 Å². The average molecular weight is 322 g/mol. The SMILES string of the molecule is CC(C)(C)NC(=O)c1ccc(OC/C(=C\F)CN=C(N)N)cc1. The number of rotatable bonds is 6. The van der Waals surface area contributed by atoms with Crippen LogP contribution in [0.4, 0.5) is 4.39 Å². The van der Waals surface area contributed by atoms with Gasteiger partial charge in [0.2, 0.25) is 0 Å². The molecule has 0 heterocycles. The van der Waals surface area contributed by atoms with E-state index in [-0.39, 0.29) is 30.6 Å². The van der Waals surface area contributed by atoms with Crippen LogP contribution in [0.1, 0.15) is 31.1 Å². The molecule has 0 bridgehead atoms. The molecule has 23 heavy (non-hydrogen) atoms. The molecule has 1 amide bonds. The normalized spacial score (nSPS) is 11.7. The molecule has 0 aromatic heterocycles. The zero-order valence-corrected chi connectivity index (χ0v) is 13.6. The fraction of sp³-hybridized carbons (Fsp3) is 0.375. The van der Waals surface area contributed by atoms with E-state index in [2.05, 4.69) is 10.3 Å². The molecular formula is C16H23FN4O2. The Hall–Kier alpha value is -2.57. The van der Waals surface area contributed by atoms with Crippen molar-refractivity contribution in [2.24, 2.45) is 16.5 Å². The first-order valence-electron chi connectivity index (χ1n) is 7.10. The van der Waals surface area contributed by atoms with Gasteiger partial charge in [0.05, 0.1) is 12.9 Å². The topological polar surface area (TPSA) is 103 Å². The number of ether oxygens (including phenoxy) is 1. The van der Waals surface area contributed by atoms with Gasteiger partial charge in [-0.3, -0.25) is 4.79 Å². The summed E-state index contributed by atoms with van der Waals surface area (Å²) in [5, 5.41) is 2.86. The Kier molecular flexibility index (Phi) is 6.56. The van der Waals surface area contributed by atoms with Crippen molar-refractivity contribution in [3.63, 3.8) is 0 Å². The summed E-state index contributed by atoms with van der Waals surface area (Å²) in [7, 11) is 0. The highest BCUT2D eigenvalue weighted by atomic mass is 19.1. The van der Waals surface area contributed by atoms with Crippen LogP contribution < -0.4 is 21.5 Å². The van der Waals surface area contributed by atoms with Crippen molar-refractivity contribution in [1.29, 1.82) is 0 Å². The molecule has 0 aliphatic heterocycles. The summed E-state index contributed by atoms with van der Waals surface area (Å²) in [6.45, 7) is 5.77. The maximum Gasteiger partial charge on any atom is 0.251 e. The third-order valence-electron chi connectivity index (χ3n) is 2.65. The lowest BCUT2D eigenvalue weighted by Crippen LogP contribution is -2.40. The molecule has 0 saturated carbocycles. The Morgan fingerprint density at radius 3 is 2.39 bits per heavy atom. The van der Waals surface area contributed by atoms with Gasteiger partial charge >= 0.3 is 0 Å². The Balaban J connectivity index is 2.60. The molecule has 126 valence electrons. The van der Waals surface area contributed by atoms with Crippen LogP contribution in [0, 0.1) is 0 Å². The second-order valence-electron chi connectivity index (χ2n) is 6.03. The van der Waals surface area contributed by atoms with Gasteiger partial charge in [0, 0.05) is 16.7 Å². The van der Waals surface area contributed by atoms with Crippen LogP contribution >= 0.6 is 0 Å². The van der Waals surface area contributed by atoms with Crippen LogP contribution in [-0.2, 0) is 0 Å². The lowest BCUT2D eigenvalue weighted by molar-refractivity contribution is 0.0919. The number of aliphatic imine (C=N–C) groups is 1. The number of carbonyl (C=O) groups excluding carboxylic acids is 1. The third kappa shape index (κ3) is 7.30. The minimum atomic E-state index is -0.307. The second kappa shape index (κ2) is 8.17. The highest BCUT2D eigenvalue weighted by molar-refractivity contribution is 5.94. The van der Waals surface area contributed by atoms with Crippen molar-refractivity contribution in [3.05, 3.63) is 41.7 Å². The zero-order valence-electron chi connectivity index (χ0n) is 13.6.